The molecule has 6 rings (SSSR count). The van der Waals surface area contributed by atoms with Crippen LogP contribution in [0.25, 0.3) is 11.8 Å². The number of allylic oxidation sites excluding steroid dienone is 1. The lowest BCUT2D eigenvalue weighted by Crippen LogP contribution is -2.38. The molecule has 0 unspecified atom stereocenters. The first-order valence-electron chi connectivity index (χ1n) is 12.3. The average molecular weight is 507 g/mol. The van der Waals surface area contributed by atoms with Crippen LogP contribution in [0.15, 0.2) is 101 Å². The van der Waals surface area contributed by atoms with Crippen molar-refractivity contribution in [3.8, 4) is 11.5 Å². The number of rotatable bonds is 6. The van der Waals surface area contributed by atoms with Gasteiger partial charge in [-0.05, 0) is 65.4 Å². The van der Waals surface area contributed by atoms with Crippen LogP contribution in [-0.2, 0) is 6.42 Å². The van der Waals surface area contributed by atoms with Crippen LogP contribution in [0.5, 0.6) is 11.5 Å². The summed E-state index contributed by atoms with van der Waals surface area (Å²) in [6.45, 7) is 4.14. The number of aromatic nitrogens is 1. The van der Waals surface area contributed by atoms with E-state index in [2.05, 4.69) is 36.9 Å². The standard InChI is InChI=1S/C31H26N2O3S/c1-3-17-36-23-14-11-20(12-15-23)18-27-30(34)33-29(22-8-6-9-24(19-22)35-2)26-16-13-21-7-4-5-10-25(21)28(26)32-31(33)37-27/h3-12,14-15,18-19,29H,1,13,16-17H2,2H3/b27-18+/t29-/m1/s1. The molecule has 5 nitrogen and oxygen atoms in total. The molecule has 0 saturated carbocycles. The summed E-state index contributed by atoms with van der Waals surface area (Å²) in [5.74, 6) is 1.54. The number of fused-ring (bicyclic) bond motifs is 3. The zero-order valence-electron chi connectivity index (χ0n) is 20.5. The fourth-order valence-electron chi connectivity index (χ4n) is 5.10. The Labute approximate surface area is 219 Å². The predicted molar refractivity (Wildman–Crippen MR) is 148 cm³/mol. The molecule has 184 valence electrons. The summed E-state index contributed by atoms with van der Waals surface area (Å²) in [7, 11) is 1.67. The molecule has 2 heterocycles. The molecule has 1 atom stereocenters. The SMILES string of the molecule is C=CCOc1ccc(/C=c2/sc3n(c2=O)[C@H](c2cccc(OC)c2)C2=C(N=3)c3ccccc3CC2)cc1. The molecule has 0 radical (unpaired) electrons. The molecule has 0 spiro atoms. The van der Waals surface area contributed by atoms with Crippen LogP contribution in [0, 0.1) is 0 Å². The van der Waals surface area contributed by atoms with Crippen molar-refractivity contribution in [2.75, 3.05) is 13.7 Å². The molecule has 3 aromatic carbocycles. The monoisotopic (exact) mass is 506 g/mol. The van der Waals surface area contributed by atoms with E-state index < -0.39 is 0 Å². The second kappa shape index (κ2) is 9.71. The molecule has 37 heavy (non-hydrogen) atoms. The maximum Gasteiger partial charge on any atom is 0.271 e. The average Bonchev–Trinajstić information content (AvgIpc) is 3.25. The van der Waals surface area contributed by atoms with E-state index in [1.165, 1.54) is 22.5 Å². The van der Waals surface area contributed by atoms with Gasteiger partial charge in [-0.25, -0.2) is 4.99 Å². The highest BCUT2D eigenvalue weighted by Crippen LogP contribution is 2.41. The van der Waals surface area contributed by atoms with Crippen molar-refractivity contribution in [2.24, 2.45) is 4.99 Å². The third-order valence-electron chi connectivity index (χ3n) is 6.83. The van der Waals surface area contributed by atoms with Gasteiger partial charge in [-0.1, -0.05) is 72.5 Å². The fraction of sp³-hybridized carbons (Fsp3) is 0.161. The van der Waals surface area contributed by atoms with Crippen molar-refractivity contribution >= 4 is 23.1 Å². The highest BCUT2D eigenvalue weighted by Gasteiger charge is 2.32. The zero-order chi connectivity index (χ0) is 25.4. The first-order valence-corrected chi connectivity index (χ1v) is 13.1. The molecule has 6 heteroatoms. The third-order valence-corrected chi connectivity index (χ3v) is 7.81. The number of methoxy groups -OCH3 is 1. The summed E-state index contributed by atoms with van der Waals surface area (Å²) in [5.41, 5.74) is 6.55. The first-order chi connectivity index (χ1) is 18.2. The number of hydrogen-bond donors (Lipinski definition) is 0. The summed E-state index contributed by atoms with van der Waals surface area (Å²) in [6.07, 6.45) is 5.43. The van der Waals surface area contributed by atoms with Crippen LogP contribution in [0.2, 0.25) is 0 Å². The van der Waals surface area contributed by atoms with Crippen molar-refractivity contribution in [1.29, 1.82) is 0 Å². The fourth-order valence-corrected chi connectivity index (χ4v) is 6.10. The van der Waals surface area contributed by atoms with Gasteiger partial charge in [-0.3, -0.25) is 9.36 Å². The van der Waals surface area contributed by atoms with Gasteiger partial charge < -0.3 is 9.47 Å². The summed E-state index contributed by atoms with van der Waals surface area (Å²) >= 11 is 1.43. The molecule has 0 N–H and O–H groups in total. The van der Waals surface area contributed by atoms with Crippen LogP contribution >= 0.6 is 11.3 Å². The first kappa shape index (κ1) is 23.3. The number of thiazole rings is 1. The van der Waals surface area contributed by atoms with Crippen molar-refractivity contribution in [3.05, 3.63) is 133 Å². The number of aryl methyl sites for hydroxylation is 1. The molecule has 4 aromatic rings. The quantitative estimate of drug-likeness (QED) is 0.350. The Hall–Kier alpha value is -4.16. The van der Waals surface area contributed by atoms with Gasteiger partial charge >= 0.3 is 0 Å². The molecular formula is C31H26N2O3S. The maximum absolute atomic E-state index is 13.9. The number of nitrogens with zero attached hydrogens (tertiary/aromatic N) is 2. The van der Waals surface area contributed by atoms with E-state index in [0.29, 0.717) is 15.9 Å². The number of ether oxygens (including phenoxy) is 2. The van der Waals surface area contributed by atoms with Gasteiger partial charge in [0.15, 0.2) is 4.80 Å². The molecule has 0 fully saturated rings. The third kappa shape index (κ3) is 4.23. The van der Waals surface area contributed by atoms with Crippen LogP contribution in [-0.4, -0.2) is 18.3 Å². The second-order valence-electron chi connectivity index (χ2n) is 9.06. The van der Waals surface area contributed by atoms with E-state index >= 15 is 0 Å². The molecule has 0 saturated heterocycles. The Balaban J connectivity index is 1.53. The van der Waals surface area contributed by atoms with Crippen LogP contribution < -0.4 is 24.4 Å². The number of hydrogen-bond acceptors (Lipinski definition) is 5. The Morgan fingerprint density at radius 2 is 1.89 bits per heavy atom. The minimum absolute atomic E-state index is 0.0334. The summed E-state index contributed by atoms with van der Waals surface area (Å²) < 4.78 is 13.6. The molecule has 2 aliphatic rings. The van der Waals surface area contributed by atoms with Gasteiger partial charge in [-0.2, -0.15) is 0 Å². The summed E-state index contributed by atoms with van der Waals surface area (Å²) in [5, 5.41) is 0. The minimum Gasteiger partial charge on any atom is -0.497 e. The Morgan fingerprint density at radius 3 is 2.70 bits per heavy atom. The lowest BCUT2D eigenvalue weighted by atomic mass is 9.83. The zero-order valence-corrected chi connectivity index (χ0v) is 21.3. The molecule has 0 amide bonds. The normalized spacial score (nSPS) is 16.4. The van der Waals surface area contributed by atoms with E-state index in [4.69, 9.17) is 14.5 Å². The largest absolute Gasteiger partial charge is 0.497 e. The highest BCUT2D eigenvalue weighted by molar-refractivity contribution is 7.07. The van der Waals surface area contributed by atoms with Crippen molar-refractivity contribution in [2.45, 2.75) is 18.9 Å². The van der Waals surface area contributed by atoms with Gasteiger partial charge in [0.2, 0.25) is 0 Å². The Morgan fingerprint density at radius 1 is 1.05 bits per heavy atom. The van der Waals surface area contributed by atoms with Crippen LogP contribution in [0.4, 0.5) is 0 Å². The van der Waals surface area contributed by atoms with Crippen molar-refractivity contribution in [1.82, 2.24) is 4.57 Å². The van der Waals surface area contributed by atoms with Crippen molar-refractivity contribution < 1.29 is 9.47 Å². The maximum atomic E-state index is 13.9. The number of benzene rings is 3. The van der Waals surface area contributed by atoms with Crippen LogP contribution in [0.1, 0.15) is 34.7 Å². The van der Waals surface area contributed by atoms with Gasteiger partial charge in [0.05, 0.1) is 23.4 Å². The van der Waals surface area contributed by atoms with E-state index in [9.17, 15) is 4.79 Å². The Bertz CT molecular complexity index is 1710. The summed E-state index contributed by atoms with van der Waals surface area (Å²) in [6, 6.07) is 24.0. The second-order valence-corrected chi connectivity index (χ2v) is 10.1. The molecule has 1 aromatic heterocycles. The van der Waals surface area contributed by atoms with E-state index in [1.54, 1.807) is 13.2 Å². The lowest BCUT2D eigenvalue weighted by Gasteiger charge is -2.31. The highest BCUT2D eigenvalue weighted by atomic mass is 32.1. The van der Waals surface area contributed by atoms with E-state index in [-0.39, 0.29) is 11.6 Å². The molecular weight excluding hydrogens is 480 g/mol. The van der Waals surface area contributed by atoms with E-state index in [0.717, 1.165) is 46.7 Å². The van der Waals surface area contributed by atoms with Gasteiger partial charge in [0.1, 0.15) is 18.1 Å². The van der Waals surface area contributed by atoms with Gasteiger partial charge in [0.25, 0.3) is 5.56 Å². The topological polar surface area (TPSA) is 52.8 Å². The van der Waals surface area contributed by atoms with Crippen molar-refractivity contribution in [3.63, 3.8) is 0 Å². The van der Waals surface area contributed by atoms with Gasteiger partial charge in [-0.15, -0.1) is 0 Å². The summed E-state index contributed by atoms with van der Waals surface area (Å²) in [4.78, 5) is 19.7. The van der Waals surface area contributed by atoms with Gasteiger partial charge in [0, 0.05) is 5.56 Å². The minimum atomic E-state index is -0.230. The molecule has 1 aliphatic heterocycles. The Kier molecular flexibility index (Phi) is 6.10. The smallest absolute Gasteiger partial charge is 0.271 e. The lowest BCUT2D eigenvalue weighted by molar-refractivity contribution is 0.363. The van der Waals surface area contributed by atoms with E-state index in [1.807, 2.05) is 53.1 Å². The molecule has 0 bridgehead atoms. The predicted octanol–water partition coefficient (Wildman–Crippen LogP) is 4.89. The molecule has 1 aliphatic carbocycles. The van der Waals surface area contributed by atoms with Crippen LogP contribution in [0.3, 0.4) is 0 Å².